The van der Waals surface area contributed by atoms with E-state index in [1.807, 2.05) is 38.1 Å². The number of aryl methyl sites for hydroxylation is 2. The second-order valence-corrected chi connectivity index (χ2v) is 7.15. The fourth-order valence-electron chi connectivity index (χ4n) is 2.99. The summed E-state index contributed by atoms with van der Waals surface area (Å²) in [7, 11) is 0. The van der Waals surface area contributed by atoms with E-state index in [-0.39, 0.29) is 24.7 Å². The molecule has 1 fully saturated rings. The van der Waals surface area contributed by atoms with Crippen LogP contribution in [0, 0.1) is 13.8 Å². The maximum atomic E-state index is 12.1. The summed E-state index contributed by atoms with van der Waals surface area (Å²) in [5, 5.41) is 2.83. The van der Waals surface area contributed by atoms with Crippen LogP contribution in [0.1, 0.15) is 29.5 Å². The summed E-state index contributed by atoms with van der Waals surface area (Å²) in [5.41, 5.74) is 3.03. The van der Waals surface area contributed by atoms with Gasteiger partial charge in [0.05, 0.1) is 13.2 Å². The van der Waals surface area contributed by atoms with E-state index in [4.69, 9.17) is 9.47 Å². The number of nitrogens with zero attached hydrogens (tertiary/aromatic N) is 2. The Kier molecular flexibility index (Phi) is 7.19. The number of carbonyl (C=O) groups is 2. The van der Waals surface area contributed by atoms with Crippen LogP contribution in [0.2, 0.25) is 0 Å². The first-order valence-corrected chi connectivity index (χ1v) is 9.83. The average Bonchev–Trinajstić information content (AvgIpc) is 2.74. The lowest BCUT2D eigenvalue weighted by atomic mass is 10.1. The van der Waals surface area contributed by atoms with E-state index in [0.29, 0.717) is 38.7 Å². The molecule has 0 unspecified atom stereocenters. The van der Waals surface area contributed by atoms with Crippen LogP contribution in [0.5, 0.6) is 11.6 Å². The average molecular weight is 397 g/mol. The van der Waals surface area contributed by atoms with Gasteiger partial charge in [0, 0.05) is 44.7 Å². The van der Waals surface area contributed by atoms with Crippen LogP contribution in [0.3, 0.4) is 0 Å². The summed E-state index contributed by atoms with van der Waals surface area (Å²) in [6, 6.07) is 9.68. The van der Waals surface area contributed by atoms with Crippen molar-refractivity contribution in [3.63, 3.8) is 0 Å². The van der Waals surface area contributed by atoms with E-state index in [1.165, 1.54) is 0 Å². The van der Waals surface area contributed by atoms with E-state index in [2.05, 4.69) is 10.3 Å². The Morgan fingerprint density at radius 1 is 1.14 bits per heavy atom. The van der Waals surface area contributed by atoms with Crippen LogP contribution in [0.4, 0.5) is 0 Å². The van der Waals surface area contributed by atoms with Crippen LogP contribution in [0.15, 0.2) is 36.5 Å². The van der Waals surface area contributed by atoms with Crippen molar-refractivity contribution < 1.29 is 19.1 Å². The van der Waals surface area contributed by atoms with E-state index >= 15 is 0 Å². The van der Waals surface area contributed by atoms with Gasteiger partial charge in [0.2, 0.25) is 17.7 Å². The smallest absolute Gasteiger partial charge is 0.223 e. The predicted octanol–water partition coefficient (Wildman–Crippen LogP) is 2.75. The van der Waals surface area contributed by atoms with Crippen molar-refractivity contribution in [1.82, 2.24) is 15.2 Å². The summed E-state index contributed by atoms with van der Waals surface area (Å²) >= 11 is 0. The second kappa shape index (κ2) is 10.0. The van der Waals surface area contributed by atoms with Gasteiger partial charge in [-0.3, -0.25) is 9.59 Å². The molecule has 2 amide bonds. The van der Waals surface area contributed by atoms with Crippen LogP contribution >= 0.6 is 0 Å². The molecular weight excluding hydrogens is 370 g/mol. The number of benzene rings is 1. The number of hydrogen-bond donors (Lipinski definition) is 1. The summed E-state index contributed by atoms with van der Waals surface area (Å²) in [5.74, 6) is 1.13. The Balaban J connectivity index is 1.43. The Bertz CT molecular complexity index is 846. The number of rotatable bonds is 7. The summed E-state index contributed by atoms with van der Waals surface area (Å²) < 4.78 is 11.1. The zero-order valence-electron chi connectivity index (χ0n) is 16.9. The van der Waals surface area contributed by atoms with Gasteiger partial charge >= 0.3 is 0 Å². The number of carbonyl (C=O) groups excluding carboxylic acids is 2. The van der Waals surface area contributed by atoms with Crippen LogP contribution < -0.4 is 10.1 Å². The molecule has 0 aliphatic carbocycles. The van der Waals surface area contributed by atoms with E-state index in [0.717, 1.165) is 22.4 Å². The lowest BCUT2D eigenvalue weighted by Gasteiger charge is -2.26. The maximum absolute atomic E-state index is 12.1. The SMILES string of the molecule is Cc1ccc(C)c(Oc2ccc(CNC(=O)CCC(=O)N3CCOCC3)cn2)c1. The number of ether oxygens (including phenoxy) is 2. The molecule has 0 spiro atoms. The molecule has 1 saturated heterocycles. The van der Waals surface area contributed by atoms with Crippen molar-refractivity contribution in [1.29, 1.82) is 0 Å². The van der Waals surface area contributed by atoms with Gasteiger partial charge < -0.3 is 19.7 Å². The summed E-state index contributed by atoms with van der Waals surface area (Å²) in [6.45, 7) is 6.69. The molecule has 29 heavy (non-hydrogen) atoms. The zero-order chi connectivity index (χ0) is 20.6. The molecule has 1 N–H and O–H groups in total. The highest BCUT2D eigenvalue weighted by Gasteiger charge is 2.17. The molecule has 0 radical (unpaired) electrons. The molecule has 0 atom stereocenters. The van der Waals surface area contributed by atoms with Crippen LogP contribution in [0.25, 0.3) is 0 Å². The third kappa shape index (κ3) is 6.29. The lowest BCUT2D eigenvalue weighted by Crippen LogP contribution is -2.41. The monoisotopic (exact) mass is 397 g/mol. The van der Waals surface area contributed by atoms with Crippen molar-refractivity contribution in [3.05, 3.63) is 53.2 Å². The minimum Gasteiger partial charge on any atom is -0.439 e. The zero-order valence-corrected chi connectivity index (χ0v) is 16.9. The third-order valence-corrected chi connectivity index (χ3v) is 4.78. The van der Waals surface area contributed by atoms with Crippen LogP contribution in [-0.4, -0.2) is 48.0 Å². The Hall–Kier alpha value is -2.93. The molecule has 2 heterocycles. The molecule has 1 aliphatic rings. The fraction of sp³-hybridized carbons (Fsp3) is 0.409. The molecular formula is C22H27N3O4. The molecule has 1 aromatic heterocycles. The van der Waals surface area contributed by atoms with Crippen molar-refractivity contribution in [2.45, 2.75) is 33.2 Å². The van der Waals surface area contributed by atoms with Crippen molar-refractivity contribution in [2.24, 2.45) is 0 Å². The van der Waals surface area contributed by atoms with Gasteiger partial charge in [0.25, 0.3) is 0 Å². The lowest BCUT2D eigenvalue weighted by molar-refractivity contribution is -0.137. The first-order valence-electron chi connectivity index (χ1n) is 9.83. The number of morpholine rings is 1. The highest BCUT2D eigenvalue weighted by atomic mass is 16.5. The van der Waals surface area contributed by atoms with E-state index in [9.17, 15) is 9.59 Å². The Morgan fingerprint density at radius 3 is 2.66 bits per heavy atom. The molecule has 0 saturated carbocycles. The van der Waals surface area contributed by atoms with Gasteiger partial charge in [-0.15, -0.1) is 0 Å². The van der Waals surface area contributed by atoms with Crippen LogP contribution in [-0.2, 0) is 20.9 Å². The molecule has 1 aromatic carbocycles. The molecule has 7 heteroatoms. The third-order valence-electron chi connectivity index (χ3n) is 4.78. The molecule has 7 nitrogen and oxygen atoms in total. The van der Waals surface area contributed by atoms with Gasteiger partial charge in [-0.2, -0.15) is 0 Å². The normalized spacial score (nSPS) is 13.8. The Labute approximate surface area is 171 Å². The minimum atomic E-state index is -0.151. The van der Waals surface area contributed by atoms with Crippen molar-refractivity contribution >= 4 is 11.8 Å². The summed E-state index contributed by atoms with van der Waals surface area (Å²) in [4.78, 5) is 30.2. The largest absolute Gasteiger partial charge is 0.439 e. The van der Waals surface area contributed by atoms with Gasteiger partial charge in [-0.1, -0.05) is 18.2 Å². The minimum absolute atomic E-state index is 0.00180. The first kappa shape index (κ1) is 20.8. The first-order chi connectivity index (χ1) is 14.0. The van der Waals surface area contributed by atoms with Gasteiger partial charge in [-0.05, 0) is 36.6 Å². The van der Waals surface area contributed by atoms with E-state index in [1.54, 1.807) is 17.2 Å². The second-order valence-electron chi connectivity index (χ2n) is 7.15. The number of nitrogens with one attached hydrogen (secondary N) is 1. The molecule has 0 bridgehead atoms. The van der Waals surface area contributed by atoms with Crippen molar-refractivity contribution in [2.75, 3.05) is 26.3 Å². The topological polar surface area (TPSA) is 80.8 Å². The molecule has 1 aliphatic heterocycles. The highest BCUT2D eigenvalue weighted by molar-refractivity contribution is 5.83. The van der Waals surface area contributed by atoms with Gasteiger partial charge in [-0.25, -0.2) is 4.98 Å². The van der Waals surface area contributed by atoms with Crippen molar-refractivity contribution in [3.8, 4) is 11.6 Å². The quantitative estimate of drug-likeness (QED) is 0.777. The predicted molar refractivity (Wildman–Crippen MR) is 109 cm³/mol. The molecule has 154 valence electrons. The fourth-order valence-corrected chi connectivity index (χ4v) is 2.99. The number of hydrogen-bond acceptors (Lipinski definition) is 5. The maximum Gasteiger partial charge on any atom is 0.223 e. The van der Waals surface area contributed by atoms with Gasteiger partial charge in [0.15, 0.2) is 0 Å². The Morgan fingerprint density at radius 2 is 1.93 bits per heavy atom. The number of pyridine rings is 1. The highest BCUT2D eigenvalue weighted by Crippen LogP contribution is 2.24. The number of amides is 2. The number of aromatic nitrogens is 1. The van der Waals surface area contributed by atoms with Gasteiger partial charge in [0.1, 0.15) is 5.75 Å². The summed E-state index contributed by atoms with van der Waals surface area (Å²) in [6.07, 6.45) is 2.07. The molecule has 2 aromatic rings. The molecule has 3 rings (SSSR count). The van der Waals surface area contributed by atoms with E-state index < -0.39 is 0 Å². The standard InChI is InChI=1S/C22H27N3O4/c1-16-3-4-17(2)19(13-16)29-21-7-5-18(15-24-21)14-23-20(26)6-8-22(27)25-9-11-28-12-10-25/h3-5,7,13,15H,6,8-12,14H2,1-2H3,(H,23,26).